The molecule has 1 N–H and O–H groups in total. The topological polar surface area (TPSA) is 47.6 Å². The van der Waals surface area contributed by atoms with Gasteiger partial charge in [0.2, 0.25) is 0 Å². The molecule has 0 aliphatic rings. The van der Waals surface area contributed by atoms with Crippen molar-refractivity contribution in [2.24, 2.45) is 0 Å². The van der Waals surface area contributed by atoms with E-state index in [1.807, 2.05) is 11.8 Å². The predicted octanol–water partition coefficient (Wildman–Crippen LogP) is 3.19. The largest absolute Gasteiger partial charge is 0.497 e. The van der Waals surface area contributed by atoms with Gasteiger partial charge in [-0.05, 0) is 35.7 Å². The highest BCUT2D eigenvalue weighted by Crippen LogP contribution is 2.17. The zero-order valence-electron chi connectivity index (χ0n) is 12.4. The first kappa shape index (κ1) is 16.7. The Morgan fingerprint density at radius 3 is 2.68 bits per heavy atom. The van der Waals surface area contributed by atoms with Gasteiger partial charge < -0.3 is 14.8 Å². The molecule has 1 heterocycles. The van der Waals surface area contributed by atoms with Gasteiger partial charge in [0.1, 0.15) is 11.5 Å². The van der Waals surface area contributed by atoms with Gasteiger partial charge in [-0.15, -0.1) is 11.3 Å². The standard InChI is InChI=1S/C16H19NO3S2/c1-19-13-4-6-14(7-5-13)20-11-16(18)17-8-10-21-12-15-3-2-9-22-15/h2-7,9H,8,10-12H2,1H3,(H,17,18). The second-order valence-corrected chi connectivity index (χ2v) is 6.58. The lowest BCUT2D eigenvalue weighted by Gasteiger charge is -2.08. The Kier molecular flexibility index (Phi) is 7.12. The molecule has 2 aromatic rings. The second-order valence-electron chi connectivity index (χ2n) is 4.45. The van der Waals surface area contributed by atoms with E-state index in [2.05, 4.69) is 22.8 Å². The van der Waals surface area contributed by atoms with Crippen LogP contribution in [0.4, 0.5) is 0 Å². The van der Waals surface area contributed by atoms with Gasteiger partial charge in [0.25, 0.3) is 5.91 Å². The van der Waals surface area contributed by atoms with Gasteiger partial charge in [0.05, 0.1) is 7.11 Å². The summed E-state index contributed by atoms with van der Waals surface area (Å²) in [4.78, 5) is 13.0. The smallest absolute Gasteiger partial charge is 0.257 e. The molecule has 118 valence electrons. The number of hydrogen-bond acceptors (Lipinski definition) is 5. The van der Waals surface area contributed by atoms with Crippen LogP contribution in [0.25, 0.3) is 0 Å². The maximum atomic E-state index is 11.7. The monoisotopic (exact) mass is 337 g/mol. The van der Waals surface area contributed by atoms with E-state index in [4.69, 9.17) is 9.47 Å². The van der Waals surface area contributed by atoms with Gasteiger partial charge in [0.15, 0.2) is 6.61 Å². The van der Waals surface area contributed by atoms with Gasteiger partial charge >= 0.3 is 0 Å². The first-order valence-electron chi connectivity index (χ1n) is 6.91. The van der Waals surface area contributed by atoms with Crippen molar-refractivity contribution in [2.75, 3.05) is 26.0 Å². The molecule has 0 saturated heterocycles. The van der Waals surface area contributed by atoms with Crippen molar-refractivity contribution < 1.29 is 14.3 Å². The van der Waals surface area contributed by atoms with Crippen LogP contribution in [-0.4, -0.2) is 31.9 Å². The van der Waals surface area contributed by atoms with Crippen LogP contribution in [0.5, 0.6) is 11.5 Å². The van der Waals surface area contributed by atoms with Crippen LogP contribution in [0.15, 0.2) is 41.8 Å². The van der Waals surface area contributed by atoms with Gasteiger partial charge in [-0.3, -0.25) is 4.79 Å². The number of nitrogens with one attached hydrogen (secondary N) is 1. The maximum absolute atomic E-state index is 11.7. The number of carbonyl (C=O) groups excluding carboxylic acids is 1. The lowest BCUT2D eigenvalue weighted by Crippen LogP contribution is -2.30. The third-order valence-electron chi connectivity index (χ3n) is 2.82. The van der Waals surface area contributed by atoms with Crippen LogP contribution in [0, 0.1) is 0 Å². The Labute approximate surface area is 138 Å². The SMILES string of the molecule is COc1ccc(OCC(=O)NCCSCc2cccs2)cc1. The highest BCUT2D eigenvalue weighted by atomic mass is 32.2. The van der Waals surface area contributed by atoms with E-state index in [1.54, 1.807) is 42.7 Å². The number of amides is 1. The summed E-state index contributed by atoms with van der Waals surface area (Å²) < 4.78 is 10.5. The van der Waals surface area contributed by atoms with Crippen molar-refractivity contribution in [1.82, 2.24) is 5.32 Å². The molecule has 1 aromatic carbocycles. The van der Waals surface area contributed by atoms with Crippen molar-refractivity contribution in [1.29, 1.82) is 0 Å². The minimum Gasteiger partial charge on any atom is -0.497 e. The van der Waals surface area contributed by atoms with Crippen molar-refractivity contribution >= 4 is 29.0 Å². The molecule has 22 heavy (non-hydrogen) atoms. The van der Waals surface area contributed by atoms with Crippen molar-refractivity contribution in [3.05, 3.63) is 46.7 Å². The molecule has 6 heteroatoms. The van der Waals surface area contributed by atoms with Crippen molar-refractivity contribution in [2.45, 2.75) is 5.75 Å². The Morgan fingerprint density at radius 1 is 1.23 bits per heavy atom. The van der Waals surface area contributed by atoms with Crippen LogP contribution in [0.3, 0.4) is 0 Å². The fourth-order valence-corrected chi connectivity index (χ4v) is 3.40. The quantitative estimate of drug-likeness (QED) is 0.714. The number of carbonyl (C=O) groups is 1. The van der Waals surface area contributed by atoms with E-state index >= 15 is 0 Å². The molecular weight excluding hydrogens is 318 g/mol. The van der Waals surface area contributed by atoms with E-state index in [9.17, 15) is 4.79 Å². The molecule has 1 aromatic heterocycles. The highest BCUT2D eigenvalue weighted by Gasteiger charge is 2.03. The van der Waals surface area contributed by atoms with Crippen LogP contribution in [0.1, 0.15) is 4.88 Å². The molecule has 0 radical (unpaired) electrons. The third-order valence-corrected chi connectivity index (χ3v) is 4.89. The zero-order chi connectivity index (χ0) is 15.6. The van der Waals surface area contributed by atoms with Crippen LogP contribution >= 0.6 is 23.1 Å². The average molecular weight is 337 g/mol. The summed E-state index contributed by atoms with van der Waals surface area (Å²) in [7, 11) is 1.61. The summed E-state index contributed by atoms with van der Waals surface area (Å²) >= 11 is 3.57. The van der Waals surface area contributed by atoms with Crippen LogP contribution in [0.2, 0.25) is 0 Å². The minimum absolute atomic E-state index is 0.0297. The number of thiophene rings is 1. The summed E-state index contributed by atoms with van der Waals surface area (Å²) in [5.74, 6) is 3.21. The molecule has 4 nitrogen and oxygen atoms in total. The Morgan fingerprint density at radius 2 is 2.00 bits per heavy atom. The van der Waals surface area contributed by atoms with Gasteiger partial charge in [0, 0.05) is 22.9 Å². The van der Waals surface area contributed by atoms with Gasteiger partial charge in [-0.25, -0.2) is 0 Å². The van der Waals surface area contributed by atoms with Crippen molar-refractivity contribution in [3.8, 4) is 11.5 Å². The summed E-state index contributed by atoms with van der Waals surface area (Å²) in [6.07, 6.45) is 0. The molecule has 0 spiro atoms. The average Bonchev–Trinajstić information content (AvgIpc) is 3.06. The van der Waals surface area contributed by atoms with E-state index < -0.39 is 0 Å². The molecule has 0 fully saturated rings. The van der Waals surface area contributed by atoms with Crippen LogP contribution < -0.4 is 14.8 Å². The summed E-state index contributed by atoms with van der Waals surface area (Å²) in [5.41, 5.74) is 0. The third kappa shape index (κ3) is 5.99. The molecule has 0 bridgehead atoms. The molecule has 0 saturated carbocycles. The van der Waals surface area contributed by atoms with E-state index in [0.29, 0.717) is 12.3 Å². The van der Waals surface area contributed by atoms with E-state index in [0.717, 1.165) is 17.3 Å². The number of thioether (sulfide) groups is 1. The fraction of sp³-hybridized carbons (Fsp3) is 0.312. The molecular formula is C16H19NO3S2. The molecule has 1 amide bonds. The van der Waals surface area contributed by atoms with Gasteiger partial charge in [-0.2, -0.15) is 11.8 Å². The Hall–Kier alpha value is -1.66. The maximum Gasteiger partial charge on any atom is 0.257 e. The molecule has 0 unspecified atom stereocenters. The molecule has 2 rings (SSSR count). The first-order valence-corrected chi connectivity index (χ1v) is 8.95. The highest BCUT2D eigenvalue weighted by molar-refractivity contribution is 7.98. The Bertz CT molecular complexity index is 555. The summed E-state index contributed by atoms with van der Waals surface area (Å²) in [6, 6.07) is 11.3. The minimum atomic E-state index is -0.104. The zero-order valence-corrected chi connectivity index (χ0v) is 14.0. The van der Waals surface area contributed by atoms with E-state index in [1.165, 1.54) is 4.88 Å². The lowest BCUT2D eigenvalue weighted by molar-refractivity contribution is -0.122. The summed E-state index contributed by atoms with van der Waals surface area (Å²) in [5, 5.41) is 4.93. The number of ether oxygens (including phenoxy) is 2. The lowest BCUT2D eigenvalue weighted by atomic mass is 10.3. The van der Waals surface area contributed by atoms with Gasteiger partial charge in [-0.1, -0.05) is 6.07 Å². The summed E-state index contributed by atoms with van der Waals surface area (Å²) in [6.45, 7) is 0.683. The number of benzene rings is 1. The number of hydrogen-bond donors (Lipinski definition) is 1. The Balaban J connectivity index is 1.55. The van der Waals surface area contributed by atoms with E-state index in [-0.39, 0.29) is 12.5 Å². The molecule has 0 aliphatic heterocycles. The van der Waals surface area contributed by atoms with Crippen LogP contribution in [-0.2, 0) is 10.5 Å². The number of rotatable bonds is 9. The normalized spacial score (nSPS) is 10.2. The first-order chi connectivity index (χ1) is 10.8. The predicted molar refractivity (Wildman–Crippen MR) is 92.0 cm³/mol. The second kappa shape index (κ2) is 9.38. The molecule has 0 aliphatic carbocycles. The fourth-order valence-electron chi connectivity index (χ4n) is 1.70. The van der Waals surface area contributed by atoms with Crippen molar-refractivity contribution in [3.63, 3.8) is 0 Å². The molecule has 0 atom stereocenters. The number of methoxy groups -OCH3 is 1.